The zero-order chi connectivity index (χ0) is 15.1. The third kappa shape index (κ3) is 4.08. The van der Waals surface area contributed by atoms with E-state index in [1.807, 2.05) is 38.1 Å². The highest BCUT2D eigenvalue weighted by Crippen LogP contribution is 2.27. The van der Waals surface area contributed by atoms with E-state index < -0.39 is 0 Å². The van der Waals surface area contributed by atoms with Crippen molar-refractivity contribution in [2.24, 2.45) is 0 Å². The highest BCUT2D eigenvalue weighted by Gasteiger charge is 2.08. The molecule has 2 aromatic rings. The Labute approximate surface area is 125 Å². The van der Waals surface area contributed by atoms with E-state index in [0.717, 1.165) is 42.5 Å². The van der Waals surface area contributed by atoms with Crippen LogP contribution in [-0.2, 0) is 0 Å². The minimum atomic E-state index is 0.558. The van der Waals surface area contributed by atoms with Crippen LogP contribution >= 0.6 is 0 Å². The van der Waals surface area contributed by atoms with Crippen molar-refractivity contribution < 1.29 is 9.47 Å². The smallest absolute Gasteiger partial charge is 0.227 e. The van der Waals surface area contributed by atoms with Gasteiger partial charge in [0.25, 0.3) is 0 Å². The monoisotopic (exact) mass is 287 g/mol. The highest BCUT2D eigenvalue weighted by atomic mass is 16.5. The zero-order valence-corrected chi connectivity index (χ0v) is 12.7. The Morgan fingerprint density at radius 3 is 2.43 bits per heavy atom. The number of benzene rings is 1. The van der Waals surface area contributed by atoms with E-state index in [9.17, 15) is 0 Å². The molecule has 2 rings (SSSR count). The lowest BCUT2D eigenvalue weighted by atomic mass is 10.3. The molecule has 0 amide bonds. The molecule has 0 aliphatic carbocycles. The van der Waals surface area contributed by atoms with E-state index in [2.05, 4.69) is 22.2 Å². The van der Waals surface area contributed by atoms with Gasteiger partial charge in [0.2, 0.25) is 5.88 Å². The topological polar surface area (TPSA) is 56.3 Å². The van der Waals surface area contributed by atoms with Gasteiger partial charge in [0, 0.05) is 6.54 Å². The quantitative estimate of drug-likeness (QED) is 0.839. The average molecular weight is 287 g/mol. The molecule has 1 heterocycles. The SMILES string of the molecule is CCCOc1ccc(Oc2ncnc(NCC)c2C)cc1. The molecule has 0 fully saturated rings. The van der Waals surface area contributed by atoms with E-state index in [0.29, 0.717) is 5.88 Å². The Hall–Kier alpha value is -2.30. The number of nitrogens with one attached hydrogen (secondary N) is 1. The summed E-state index contributed by atoms with van der Waals surface area (Å²) in [5.74, 6) is 2.92. The number of nitrogens with zero attached hydrogens (tertiary/aromatic N) is 2. The van der Waals surface area contributed by atoms with Crippen LogP contribution in [0.1, 0.15) is 25.8 Å². The molecule has 0 unspecified atom stereocenters. The van der Waals surface area contributed by atoms with Gasteiger partial charge in [-0.25, -0.2) is 9.97 Å². The third-order valence-corrected chi connectivity index (χ3v) is 2.89. The van der Waals surface area contributed by atoms with Gasteiger partial charge in [-0.05, 0) is 44.5 Å². The van der Waals surface area contributed by atoms with Crippen LogP contribution in [-0.4, -0.2) is 23.1 Å². The van der Waals surface area contributed by atoms with Gasteiger partial charge in [0.1, 0.15) is 23.6 Å². The summed E-state index contributed by atoms with van der Waals surface area (Å²) in [7, 11) is 0. The maximum absolute atomic E-state index is 5.81. The van der Waals surface area contributed by atoms with Gasteiger partial charge in [0.05, 0.1) is 12.2 Å². The lowest BCUT2D eigenvalue weighted by Crippen LogP contribution is -2.03. The lowest BCUT2D eigenvalue weighted by molar-refractivity contribution is 0.317. The molecular weight excluding hydrogens is 266 g/mol. The molecule has 0 spiro atoms. The fourth-order valence-electron chi connectivity index (χ4n) is 1.82. The normalized spacial score (nSPS) is 10.2. The van der Waals surface area contributed by atoms with Gasteiger partial charge in [-0.1, -0.05) is 6.92 Å². The molecule has 5 heteroatoms. The standard InChI is InChI=1S/C16H21N3O2/c1-4-10-20-13-6-8-14(9-7-13)21-16-12(3)15(17-5-2)18-11-19-16/h6-9,11H,4-5,10H2,1-3H3,(H,17,18,19). The minimum absolute atomic E-state index is 0.558. The van der Waals surface area contributed by atoms with Crippen molar-refractivity contribution >= 4 is 5.82 Å². The first-order chi connectivity index (χ1) is 10.2. The van der Waals surface area contributed by atoms with Crippen molar-refractivity contribution in [1.29, 1.82) is 0 Å². The molecule has 1 aromatic heterocycles. The molecule has 0 saturated heterocycles. The van der Waals surface area contributed by atoms with Gasteiger partial charge in [0.15, 0.2) is 0 Å². The molecule has 1 N–H and O–H groups in total. The number of ether oxygens (including phenoxy) is 2. The van der Waals surface area contributed by atoms with Gasteiger partial charge in [-0.3, -0.25) is 0 Å². The predicted octanol–water partition coefficient (Wildman–Crippen LogP) is 3.80. The molecule has 1 aromatic carbocycles. The molecule has 21 heavy (non-hydrogen) atoms. The largest absolute Gasteiger partial charge is 0.494 e. The first-order valence-electron chi connectivity index (χ1n) is 7.20. The zero-order valence-electron chi connectivity index (χ0n) is 12.7. The number of aromatic nitrogens is 2. The summed E-state index contributed by atoms with van der Waals surface area (Å²) >= 11 is 0. The predicted molar refractivity (Wildman–Crippen MR) is 83.2 cm³/mol. The number of hydrogen-bond donors (Lipinski definition) is 1. The van der Waals surface area contributed by atoms with Crippen LogP contribution in [0.25, 0.3) is 0 Å². The molecule has 112 valence electrons. The van der Waals surface area contributed by atoms with Gasteiger partial charge in [-0.2, -0.15) is 0 Å². The second-order valence-electron chi connectivity index (χ2n) is 4.60. The Balaban J connectivity index is 2.09. The third-order valence-electron chi connectivity index (χ3n) is 2.89. The molecule has 5 nitrogen and oxygen atoms in total. The summed E-state index contributed by atoms with van der Waals surface area (Å²) in [6.07, 6.45) is 2.49. The van der Waals surface area contributed by atoms with Crippen molar-refractivity contribution in [2.75, 3.05) is 18.5 Å². The Morgan fingerprint density at radius 2 is 1.76 bits per heavy atom. The van der Waals surface area contributed by atoms with Crippen molar-refractivity contribution in [1.82, 2.24) is 9.97 Å². The van der Waals surface area contributed by atoms with Crippen LogP contribution in [0.15, 0.2) is 30.6 Å². The summed E-state index contributed by atoms with van der Waals surface area (Å²) in [5, 5.41) is 3.18. The minimum Gasteiger partial charge on any atom is -0.494 e. The summed E-state index contributed by atoms with van der Waals surface area (Å²) in [5.41, 5.74) is 0.894. The van der Waals surface area contributed by atoms with Crippen LogP contribution in [0.5, 0.6) is 17.4 Å². The summed E-state index contributed by atoms with van der Waals surface area (Å²) in [6, 6.07) is 7.54. The van der Waals surface area contributed by atoms with Crippen LogP contribution in [0.4, 0.5) is 5.82 Å². The average Bonchev–Trinajstić information content (AvgIpc) is 2.51. The van der Waals surface area contributed by atoms with E-state index in [-0.39, 0.29) is 0 Å². The van der Waals surface area contributed by atoms with Gasteiger partial charge in [-0.15, -0.1) is 0 Å². The first-order valence-corrected chi connectivity index (χ1v) is 7.20. The van der Waals surface area contributed by atoms with Gasteiger partial charge >= 0.3 is 0 Å². The van der Waals surface area contributed by atoms with E-state index in [1.54, 1.807) is 0 Å². The first kappa shape index (κ1) is 15.1. The molecular formula is C16H21N3O2. The summed E-state index contributed by atoms with van der Waals surface area (Å²) < 4.78 is 11.4. The van der Waals surface area contributed by atoms with Crippen LogP contribution in [0, 0.1) is 6.92 Å². The molecule has 0 atom stereocenters. The molecule has 0 bridgehead atoms. The summed E-state index contributed by atoms with van der Waals surface area (Å²) in [4.78, 5) is 8.38. The fraction of sp³-hybridized carbons (Fsp3) is 0.375. The number of anilines is 1. The molecule has 0 aliphatic heterocycles. The second-order valence-corrected chi connectivity index (χ2v) is 4.60. The Morgan fingerprint density at radius 1 is 1.05 bits per heavy atom. The molecule has 0 aliphatic rings. The van der Waals surface area contributed by atoms with Gasteiger partial charge < -0.3 is 14.8 Å². The van der Waals surface area contributed by atoms with E-state index in [1.165, 1.54) is 6.33 Å². The number of hydrogen-bond acceptors (Lipinski definition) is 5. The highest BCUT2D eigenvalue weighted by molar-refractivity contribution is 5.48. The van der Waals surface area contributed by atoms with Crippen molar-refractivity contribution in [3.05, 3.63) is 36.2 Å². The van der Waals surface area contributed by atoms with Crippen molar-refractivity contribution in [2.45, 2.75) is 27.2 Å². The summed E-state index contributed by atoms with van der Waals surface area (Å²) in [6.45, 7) is 7.57. The van der Waals surface area contributed by atoms with E-state index in [4.69, 9.17) is 9.47 Å². The van der Waals surface area contributed by atoms with Crippen LogP contribution in [0.2, 0.25) is 0 Å². The maximum Gasteiger partial charge on any atom is 0.227 e. The Bertz CT molecular complexity index is 570. The second kappa shape index (κ2) is 7.47. The van der Waals surface area contributed by atoms with Crippen LogP contribution in [0.3, 0.4) is 0 Å². The maximum atomic E-state index is 5.81. The van der Waals surface area contributed by atoms with Crippen LogP contribution < -0.4 is 14.8 Å². The number of rotatable bonds is 7. The fourth-order valence-corrected chi connectivity index (χ4v) is 1.82. The van der Waals surface area contributed by atoms with E-state index >= 15 is 0 Å². The van der Waals surface area contributed by atoms with Crippen molar-refractivity contribution in [3.8, 4) is 17.4 Å². The molecule has 0 radical (unpaired) electrons. The Kier molecular flexibility index (Phi) is 5.37. The van der Waals surface area contributed by atoms with Crippen molar-refractivity contribution in [3.63, 3.8) is 0 Å². The molecule has 0 saturated carbocycles. The lowest BCUT2D eigenvalue weighted by Gasteiger charge is -2.11.